The average molecular weight is 498 g/mol. The highest BCUT2D eigenvalue weighted by Gasteiger charge is 2.63. The number of esters is 1. The van der Waals surface area contributed by atoms with Crippen LogP contribution in [0.5, 0.6) is 0 Å². The molecule has 1 aliphatic rings. The van der Waals surface area contributed by atoms with Gasteiger partial charge in [-0.3, -0.25) is 9.69 Å². The van der Waals surface area contributed by atoms with Gasteiger partial charge in [0, 0.05) is 19.1 Å². The van der Waals surface area contributed by atoms with E-state index in [2.05, 4.69) is 4.90 Å². The van der Waals surface area contributed by atoms with Crippen LogP contribution in [0.2, 0.25) is 0 Å². The molecule has 3 atom stereocenters. The van der Waals surface area contributed by atoms with Crippen molar-refractivity contribution in [3.05, 3.63) is 108 Å². The minimum Gasteiger partial charge on any atom is -0.461 e. The van der Waals surface area contributed by atoms with E-state index in [1.54, 1.807) is 6.07 Å². The molecule has 0 saturated heterocycles. The Kier molecular flexibility index (Phi) is 8.11. The van der Waals surface area contributed by atoms with Gasteiger partial charge in [-0.1, -0.05) is 91.0 Å². The van der Waals surface area contributed by atoms with Crippen LogP contribution in [0.15, 0.2) is 91.0 Å². The molecule has 0 heterocycles. The highest BCUT2D eigenvalue weighted by molar-refractivity contribution is 5.85. The lowest BCUT2D eigenvalue weighted by Gasteiger charge is -2.33. The summed E-state index contributed by atoms with van der Waals surface area (Å²) in [5.74, 6) is -1.45. The first-order valence-corrected chi connectivity index (χ1v) is 12.1. The Morgan fingerprint density at radius 3 is 1.81 bits per heavy atom. The van der Waals surface area contributed by atoms with E-state index in [1.165, 1.54) is 24.3 Å². The number of carbonyl (C=O) groups is 1. The van der Waals surface area contributed by atoms with Gasteiger partial charge in [0.05, 0.1) is 6.61 Å². The molecule has 36 heavy (non-hydrogen) atoms. The maximum Gasteiger partial charge on any atom is 0.411 e. The molecule has 4 rings (SSSR count). The van der Waals surface area contributed by atoms with Gasteiger partial charge in [0.25, 0.3) is 0 Å². The molecule has 1 aliphatic carbocycles. The number of nitrogens with zero attached hydrogens (tertiary/aromatic N) is 1. The molecule has 3 aromatic rings. The van der Waals surface area contributed by atoms with Crippen molar-refractivity contribution in [2.75, 3.05) is 6.61 Å². The summed E-state index contributed by atoms with van der Waals surface area (Å²) in [5.41, 5.74) is -1.17. The minimum atomic E-state index is -5.01. The number of hydrogen-bond acceptors (Lipinski definition) is 4. The van der Waals surface area contributed by atoms with Gasteiger partial charge in [0.15, 0.2) is 0 Å². The predicted molar refractivity (Wildman–Crippen MR) is 131 cm³/mol. The van der Waals surface area contributed by atoms with Crippen molar-refractivity contribution in [3.8, 4) is 0 Å². The fourth-order valence-corrected chi connectivity index (χ4v) is 4.92. The Morgan fingerprint density at radius 1 is 0.833 bits per heavy atom. The van der Waals surface area contributed by atoms with E-state index in [4.69, 9.17) is 4.74 Å². The molecule has 1 N–H and O–H groups in total. The van der Waals surface area contributed by atoms with Crippen LogP contribution < -0.4 is 0 Å². The van der Waals surface area contributed by atoms with Crippen molar-refractivity contribution in [1.29, 1.82) is 0 Å². The third-order valence-corrected chi connectivity index (χ3v) is 6.94. The Morgan fingerprint density at radius 2 is 1.33 bits per heavy atom. The molecule has 3 aromatic carbocycles. The fourth-order valence-electron chi connectivity index (χ4n) is 4.92. The monoisotopic (exact) mass is 497 g/mol. The maximum absolute atomic E-state index is 14.2. The minimum absolute atomic E-state index is 0.0364. The Bertz CT molecular complexity index is 1070. The quantitative estimate of drug-likeness (QED) is 0.389. The molecular formula is C29H30F3NO3. The number of hydrogen-bond donors (Lipinski definition) is 1. The van der Waals surface area contributed by atoms with Crippen LogP contribution >= 0.6 is 0 Å². The number of alkyl halides is 3. The van der Waals surface area contributed by atoms with Gasteiger partial charge in [-0.05, 0) is 36.0 Å². The molecular weight excluding hydrogens is 467 g/mol. The van der Waals surface area contributed by atoms with E-state index in [9.17, 15) is 23.1 Å². The number of carbonyl (C=O) groups excluding carboxylic acids is 1. The first-order chi connectivity index (χ1) is 17.3. The summed E-state index contributed by atoms with van der Waals surface area (Å²) in [6.45, 7) is -0.0634. The molecule has 0 aliphatic heterocycles. The summed E-state index contributed by atoms with van der Waals surface area (Å²) in [6, 6.07) is 26.8. The highest BCUT2D eigenvalue weighted by Crippen LogP contribution is 2.43. The van der Waals surface area contributed by atoms with Crippen LogP contribution in [-0.2, 0) is 28.0 Å². The van der Waals surface area contributed by atoms with Crippen LogP contribution in [-0.4, -0.2) is 40.9 Å². The lowest BCUT2D eigenvalue weighted by Crippen LogP contribution is -2.53. The SMILES string of the molecule is O=C(O[C@H]1CC[C@@H](N(Cc2ccccc2)Cc2ccccc2)C1)[C@](CO)(c1ccccc1)C(F)(F)F. The summed E-state index contributed by atoms with van der Waals surface area (Å²) in [5, 5.41) is 9.85. The van der Waals surface area contributed by atoms with Crippen molar-refractivity contribution in [2.45, 2.75) is 56.1 Å². The van der Waals surface area contributed by atoms with Gasteiger partial charge < -0.3 is 9.84 Å². The normalized spacial score (nSPS) is 19.7. The Balaban J connectivity index is 1.51. The number of aliphatic hydroxyl groups is 1. The van der Waals surface area contributed by atoms with E-state index in [-0.39, 0.29) is 11.6 Å². The zero-order valence-corrected chi connectivity index (χ0v) is 19.9. The van der Waals surface area contributed by atoms with E-state index in [0.29, 0.717) is 32.4 Å². The third-order valence-electron chi connectivity index (χ3n) is 6.94. The number of benzene rings is 3. The van der Waals surface area contributed by atoms with Crippen LogP contribution in [0, 0.1) is 0 Å². The second-order valence-electron chi connectivity index (χ2n) is 9.30. The largest absolute Gasteiger partial charge is 0.461 e. The summed E-state index contributed by atoms with van der Waals surface area (Å²) >= 11 is 0. The second-order valence-corrected chi connectivity index (χ2v) is 9.30. The standard InChI is InChI=1S/C29H30F3NO3/c30-29(31,32)28(21-34,24-14-8-3-9-15-24)27(35)36-26-17-16-25(18-26)33(19-22-10-4-1-5-11-22)20-23-12-6-2-7-13-23/h1-15,25-26,34H,16-21H2/t25-,26+,28+/m1/s1. The third kappa shape index (κ3) is 5.63. The van der Waals surface area contributed by atoms with E-state index >= 15 is 0 Å². The number of aliphatic hydroxyl groups excluding tert-OH is 1. The Hall–Kier alpha value is -3.16. The molecule has 0 radical (unpaired) electrons. The molecule has 0 spiro atoms. The molecule has 190 valence electrons. The molecule has 4 nitrogen and oxygen atoms in total. The topological polar surface area (TPSA) is 49.8 Å². The average Bonchev–Trinajstić information content (AvgIpc) is 3.34. The number of rotatable bonds is 9. The summed E-state index contributed by atoms with van der Waals surface area (Å²) in [7, 11) is 0. The molecule has 7 heteroatoms. The van der Waals surface area contributed by atoms with Crippen LogP contribution in [0.4, 0.5) is 13.2 Å². The summed E-state index contributed by atoms with van der Waals surface area (Å²) in [4.78, 5) is 15.3. The van der Waals surface area contributed by atoms with Gasteiger partial charge in [-0.2, -0.15) is 13.2 Å². The van der Waals surface area contributed by atoms with Gasteiger partial charge >= 0.3 is 12.1 Å². The number of ether oxygens (including phenoxy) is 1. The lowest BCUT2D eigenvalue weighted by molar-refractivity contribution is -0.219. The van der Waals surface area contributed by atoms with Gasteiger partial charge in [-0.15, -0.1) is 0 Å². The molecule has 0 unspecified atom stereocenters. The van der Waals surface area contributed by atoms with Crippen molar-refractivity contribution in [1.82, 2.24) is 4.90 Å². The molecule has 1 saturated carbocycles. The highest BCUT2D eigenvalue weighted by atomic mass is 19.4. The summed E-state index contributed by atoms with van der Waals surface area (Å²) in [6.07, 6.45) is -4.08. The first kappa shape index (κ1) is 25.9. The van der Waals surface area contributed by atoms with Gasteiger partial charge in [0.1, 0.15) is 6.10 Å². The summed E-state index contributed by atoms with van der Waals surface area (Å²) < 4.78 is 48.1. The zero-order valence-electron chi connectivity index (χ0n) is 19.9. The molecule has 0 aromatic heterocycles. The van der Waals surface area contributed by atoms with Gasteiger partial charge in [0.2, 0.25) is 5.41 Å². The van der Waals surface area contributed by atoms with Gasteiger partial charge in [-0.25, -0.2) is 0 Å². The second kappa shape index (κ2) is 11.3. The van der Waals surface area contributed by atoms with Crippen molar-refractivity contribution in [2.24, 2.45) is 0 Å². The lowest BCUT2D eigenvalue weighted by atomic mass is 9.80. The van der Waals surface area contributed by atoms with E-state index < -0.39 is 30.3 Å². The maximum atomic E-state index is 14.2. The zero-order chi connectivity index (χ0) is 25.6. The molecule has 1 fully saturated rings. The predicted octanol–water partition coefficient (Wildman–Crippen LogP) is 5.65. The van der Waals surface area contributed by atoms with Crippen molar-refractivity contribution in [3.63, 3.8) is 0 Å². The van der Waals surface area contributed by atoms with Crippen LogP contribution in [0.25, 0.3) is 0 Å². The van der Waals surface area contributed by atoms with Crippen LogP contribution in [0.3, 0.4) is 0 Å². The fraction of sp³-hybridized carbons (Fsp3) is 0.345. The smallest absolute Gasteiger partial charge is 0.411 e. The van der Waals surface area contributed by atoms with Crippen LogP contribution in [0.1, 0.15) is 36.0 Å². The van der Waals surface area contributed by atoms with Crippen molar-refractivity contribution < 1.29 is 27.8 Å². The molecule has 0 amide bonds. The number of halogens is 3. The van der Waals surface area contributed by atoms with Crippen molar-refractivity contribution >= 4 is 5.97 Å². The van der Waals surface area contributed by atoms with E-state index in [1.807, 2.05) is 60.7 Å². The van der Waals surface area contributed by atoms with E-state index in [0.717, 1.165) is 11.1 Å². The first-order valence-electron chi connectivity index (χ1n) is 12.1. The molecule has 0 bridgehead atoms. The Labute approximate surface area is 209 Å².